The van der Waals surface area contributed by atoms with E-state index >= 15 is 0 Å². The molecule has 0 atom stereocenters. The third-order valence-electron chi connectivity index (χ3n) is 1.68. The van der Waals surface area contributed by atoms with Crippen molar-refractivity contribution in [3.63, 3.8) is 0 Å². The Labute approximate surface area is 107 Å². The molecule has 0 unspecified atom stereocenters. The molecule has 1 rings (SSSR count). The summed E-state index contributed by atoms with van der Waals surface area (Å²) in [7, 11) is 0. The van der Waals surface area contributed by atoms with Crippen LogP contribution in [-0.4, -0.2) is 19.1 Å². The van der Waals surface area contributed by atoms with Gasteiger partial charge in [-0.3, -0.25) is 4.79 Å². The average molecular weight is 253 g/mol. The molecule has 1 aromatic rings. The minimum Gasteiger partial charge on any atom is -0.465 e. The van der Waals surface area contributed by atoms with Gasteiger partial charge >= 0.3 is 5.97 Å². The lowest BCUT2D eigenvalue weighted by molar-refractivity contribution is -0.141. The summed E-state index contributed by atoms with van der Waals surface area (Å²) in [5.41, 5.74) is 6.24. The Hall–Kier alpha value is -1.26. The van der Waals surface area contributed by atoms with Crippen LogP contribution in [0.4, 0.5) is 0 Å². The maximum absolute atomic E-state index is 10.1. The van der Waals surface area contributed by atoms with Gasteiger partial charge in [0.2, 0.25) is 0 Å². The lowest BCUT2D eigenvalue weighted by atomic mass is 10.2. The first-order chi connectivity index (χ1) is 8.24. The van der Waals surface area contributed by atoms with E-state index in [0.717, 1.165) is 5.75 Å². The molecular formula is C13H19NO2S. The molecule has 0 radical (unpaired) electrons. The topological polar surface area (TPSA) is 52.3 Å². The minimum absolute atomic E-state index is 0.0200. The summed E-state index contributed by atoms with van der Waals surface area (Å²) in [6.07, 6.45) is 0. The zero-order valence-corrected chi connectivity index (χ0v) is 10.9. The van der Waals surface area contributed by atoms with Gasteiger partial charge in [0.1, 0.15) is 0 Å². The van der Waals surface area contributed by atoms with Gasteiger partial charge in [0, 0.05) is 5.75 Å². The Bertz CT molecular complexity index is 314. The van der Waals surface area contributed by atoms with Gasteiger partial charge in [-0.05, 0) is 17.9 Å². The van der Waals surface area contributed by atoms with E-state index in [1.54, 1.807) is 18.7 Å². The van der Waals surface area contributed by atoms with Crippen molar-refractivity contribution < 1.29 is 9.53 Å². The third-order valence-corrected chi connectivity index (χ3v) is 2.42. The van der Waals surface area contributed by atoms with Crippen LogP contribution in [0.2, 0.25) is 0 Å². The monoisotopic (exact) mass is 253 g/mol. The van der Waals surface area contributed by atoms with Crippen LogP contribution in [0.1, 0.15) is 12.5 Å². The Morgan fingerprint density at radius 1 is 1.47 bits per heavy atom. The SMILES string of the molecule is C=CSCc1ccccc1.CCOC(=O)CN. The summed E-state index contributed by atoms with van der Waals surface area (Å²) in [6.45, 7) is 5.78. The van der Waals surface area contributed by atoms with E-state index in [4.69, 9.17) is 5.73 Å². The zero-order chi connectivity index (χ0) is 12.9. The van der Waals surface area contributed by atoms with E-state index in [2.05, 4.69) is 35.6 Å². The standard InChI is InChI=1S/C9H10S.C4H9NO2/c1-2-10-8-9-6-4-3-5-7-9;1-2-7-4(6)3-5/h2-7H,1,8H2;2-3,5H2,1H3. The van der Waals surface area contributed by atoms with Crippen LogP contribution >= 0.6 is 11.8 Å². The van der Waals surface area contributed by atoms with Crippen molar-refractivity contribution in [2.24, 2.45) is 5.73 Å². The number of rotatable bonds is 5. The first-order valence-corrected chi connectivity index (χ1v) is 6.41. The van der Waals surface area contributed by atoms with Crippen molar-refractivity contribution >= 4 is 17.7 Å². The molecule has 0 saturated heterocycles. The number of esters is 1. The zero-order valence-electron chi connectivity index (χ0n) is 10.1. The van der Waals surface area contributed by atoms with Crippen LogP contribution in [0, 0.1) is 0 Å². The van der Waals surface area contributed by atoms with E-state index in [-0.39, 0.29) is 12.5 Å². The van der Waals surface area contributed by atoms with Crippen LogP contribution in [0.3, 0.4) is 0 Å². The molecule has 0 bridgehead atoms. The predicted molar refractivity (Wildman–Crippen MR) is 73.6 cm³/mol. The Morgan fingerprint density at radius 2 is 2.12 bits per heavy atom. The van der Waals surface area contributed by atoms with Gasteiger partial charge in [-0.25, -0.2) is 0 Å². The molecule has 2 N–H and O–H groups in total. The summed E-state index contributed by atoms with van der Waals surface area (Å²) < 4.78 is 4.43. The van der Waals surface area contributed by atoms with Gasteiger partial charge in [0.05, 0.1) is 13.2 Å². The number of hydrogen-bond acceptors (Lipinski definition) is 4. The number of thioether (sulfide) groups is 1. The lowest BCUT2D eigenvalue weighted by Crippen LogP contribution is -2.16. The van der Waals surface area contributed by atoms with E-state index < -0.39 is 0 Å². The highest BCUT2D eigenvalue weighted by atomic mass is 32.2. The van der Waals surface area contributed by atoms with Gasteiger partial charge < -0.3 is 10.5 Å². The number of nitrogens with two attached hydrogens (primary N) is 1. The van der Waals surface area contributed by atoms with Crippen molar-refractivity contribution in [3.8, 4) is 0 Å². The Morgan fingerprint density at radius 3 is 2.53 bits per heavy atom. The third kappa shape index (κ3) is 9.66. The van der Waals surface area contributed by atoms with Crippen LogP contribution in [0.25, 0.3) is 0 Å². The van der Waals surface area contributed by atoms with E-state index in [0.29, 0.717) is 6.61 Å². The molecule has 4 heteroatoms. The average Bonchev–Trinajstić information content (AvgIpc) is 2.38. The van der Waals surface area contributed by atoms with Crippen LogP contribution in [0.15, 0.2) is 42.3 Å². The maximum Gasteiger partial charge on any atom is 0.319 e. The summed E-state index contributed by atoms with van der Waals surface area (Å²) in [5.74, 6) is 0.687. The number of ether oxygens (including phenoxy) is 1. The van der Waals surface area contributed by atoms with Crippen molar-refractivity contribution in [3.05, 3.63) is 47.9 Å². The number of hydrogen-bond donors (Lipinski definition) is 1. The second-order valence-electron chi connectivity index (χ2n) is 2.97. The summed E-state index contributed by atoms with van der Waals surface area (Å²) in [4.78, 5) is 10.1. The minimum atomic E-state index is -0.345. The highest BCUT2D eigenvalue weighted by molar-refractivity contribution is 8.01. The molecule has 0 aliphatic carbocycles. The van der Waals surface area contributed by atoms with Crippen LogP contribution in [0.5, 0.6) is 0 Å². The maximum atomic E-state index is 10.1. The first kappa shape index (κ1) is 15.7. The molecule has 0 aliphatic rings. The number of carbonyl (C=O) groups is 1. The molecule has 0 fully saturated rings. The highest BCUT2D eigenvalue weighted by Crippen LogP contribution is 2.10. The van der Waals surface area contributed by atoms with Gasteiger partial charge in [0.25, 0.3) is 0 Å². The van der Waals surface area contributed by atoms with Crippen molar-refractivity contribution in [2.45, 2.75) is 12.7 Å². The molecule has 0 saturated carbocycles. The van der Waals surface area contributed by atoms with Crippen molar-refractivity contribution in [2.75, 3.05) is 13.2 Å². The first-order valence-electron chi connectivity index (χ1n) is 5.36. The van der Waals surface area contributed by atoms with Gasteiger partial charge in [0.15, 0.2) is 0 Å². The largest absolute Gasteiger partial charge is 0.465 e. The summed E-state index contributed by atoms with van der Waals surface area (Å²) in [5, 5.41) is 1.87. The predicted octanol–water partition coefficient (Wildman–Crippen LogP) is 2.57. The lowest BCUT2D eigenvalue weighted by Gasteiger charge is -1.94. The Kier molecular flexibility index (Phi) is 10.4. The second kappa shape index (κ2) is 11.2. The fourth-order valence-electron chi connectivity index (χ4n) is 0.949. The highest BCUT2D eigenvalue weighted by Gasteiger charge is 1.91. The molecule has 1 aromatic carbocycles. The van der Waals surface area contributed by atoms with Crippen LogP contribution in [-0.2, 0) is 15.3 Å². The normalized spacial score (nSPS) is 8.82. The van der Waals surface area contributed by atoms with Gasteiger partial charge in [-0.15, -0.1) is 11.8 Å². The van der Waals surface area contributed by atoms with Gasteiger partial charge in [-0.2, -0.15) is 0 Å². The molecule has 17 heavy (non-hydrogen) atoms. The van der Waals surface area contributed by atoms with Gasteiger partial charge in [-0.1, -0.05) is 36.9 Å². The molecule has 0 amide bonds. The molecule has 0 spiro atoms. The molecule has 0 aromatic heterocycles. The smallest absolute Gasteiger partial charge is 0.319 e. The molecule has 94 valence electrons. The molecule has 0 heterocycles. The fourth-order valence-corrected chi connectivity index (χ4v) is 1.45. The summed E-state index contributed by atoms with van der Waals surface area (Å²) >= 11 is 1.73. The van der Waals surface area contributed by atoms with Crippen molar-refractivity contribution in [1.82, 2.24) is 0 Å². The Balaban J connectivity index is 0.000000325. The van der Waals surface area contributed by atoms with E-state index in [9.17, 15) is 4.79 Å². The number of benzene rings is 1. The fraction of sp³-hybridized carbons (Fsp3) is 0.308. The van der Waals surface area contributed by atoms with Crippen LogP contribution < -0.4 is 5.73 Å². The van der Waals surface area contributed by atoms with E-state index in [1.165, 1.54) is 5.56 Å². The quantitative estimate of drug-likeness (QED) is 0.819. The second-order valence-corrected chi connectivity index (χ2v) is 3.93. The summed E-state index contributed by atoms with van der Waals surface area (Å²) in [6, 6.07) is 10.4. The molecule has 3 nitrogen and oxygen atoms in total. The molecular weight excluding hydrogens is 234 g/mol. The molecule has 0 aliphatic heterocycles. The number of carbonyl (C=O) groups excluding carboxylic acids is 1. The van der Waals surface area contributed by atoms with E-state index in [1.807, 2.05) is 11.5 Å². The van der Waals surface area contributed by atoms with Crippen molar-refractivity contribution in [1.29, 1.82) is 0 Å².